The predicted octanol–water partition coefficient (Wildman–Crippen LogP) is 3.44. The quantitative estimate of drug-likeness (QED) is 0.896. The molecule has 124 valence electrons. The monoisotopic (exact) mass is 343 g/mol. The van der Waals surface area contributed by atoms with Gasteiger partial charge in [0.05, 0.1) is 0 Å². The number of hydrogen-bond acceptors (Lipinski definition) is 2. The lowest BCUT2D eigenvalue weighted by atomic mass is 10.2. The minimum absolute atomic E-state index is 0.119. The van der Waals surface area contributed by atoms with Gasteiger partial charge in [0, 0.05) is 22.9 Å². The van der Waals surface area contributed by atoms with Gasteiger partial charge in [-0.15, -0.1) is 0 Å². The van der Waals surface area contributed by atoms with Gasteiger partial charge < -0.3 is 15.5 Å². The Hall–Kier alpha value is -2.53. The molecule has 24 heavy (non-hydrogen) atoms. The van der Waals surface area contributed by atoms with Gasteiger partial charge in [0.15, 0.2) is 0 Å². The van der Waals surface area contributed by atoms with Crippen LogP contribution in [0.4, 0.5) is 16.2 Å². The molecule has 5 nitrogen and oxygen atoms in total. The van der Waals surface area contributed by atoms with Gasteiger partial charge >= 0.3 is 6.03 Å². The van der Waals surface area contributed by atoms with Crippen molar-refractivity contribution in [1.82, 2.24) is 5.32 Å². The lowest BCUT2D eigenvalue weighted by molar-refractivity contribution is -0.119. The van der Waals surface area contributed by atoms with Gasteiger partial charge in [-0.25, -0.2) is 4.79 Å². The summed E-state index contributed by atoms with van der Waals surface area (Å²) in [6.07, 6.45) is 0.839. The highest BCUT2D eigenvalue weighted by Crippen LogP contribution is 2.27. The first kappa shape index (κ1) is 16.3. The summed E-state index contributed by atoms with van der Waals surface area (Å²) < 4.78 is 0. The van der Waals surface area contributed by atoms with Crippen molar-refractivity contribution >= 4 is 34.9 Å². The average molecular weight is 344 g/mol. The van der Waals surface area contributed by atoms with Crippen LogP contribution in [-0.2, 0) is 11.2 Å². The van der Waals surface area contributed by atoms with E-state index in [1.807, 2.05) is 24.3 Å². The molecule has 0 radical (unpaired) electrons. The minimum Gasteiger partial charge on any atom is -0.326 e. The van der Waals surface area contributed by atoms with Crippen LogP contribution in [0.5, 0.6) is 0 Å². The molecule has 1 heterocycles. The molecule has 0 unspecified atom stereocenters. The van der Waals surface area contributed by atoms with E-state index in [1.54, 1.807) is 36.1 Å². The number of benzene rings is 2. The van der Waals surface area contributed by atoms with Gasteiger partial charge in [0.2, 0.25) is 5.91 Å². The number of para-hydroxylation sites is 1. The highest BCUT2D eigenvalue weighted by atomic mass is 35.5. The van der Waals surface area contributed by atoms with Crippen molar-refractivity contribution < 1.29 is 9.59 Å². The van der Waals surface area contributed by atoms with Gasteiger partial charge in [-0.2, -0.15) is 0 Å². The first-order valence-corrected chi connectivity index (χ1v) is 8.15. The van der Waals surface area contributed by atoms with Crippen LogP contribution >= 0.6 is 11.6 Å². The third-order valence-electron chi connectivity index (χ3n) is 3.97. The number of anilines is 2. The number of nitrogens with zero attached hydrogens (tertiary/aromatic N) is 1. The van der Waals surface area contributed by atoms with Crippen molar-refractivity contribution in [2.24, 2.45) is 0 Å². The highest BCUT2D eigenvalue weighted by Gasteiger charge is 2.28. The average Bonchev–Trinajstić information content (AvgIpc) is 3.00. The Morgan fingerprint density at radius 3 is 2.58 bits per heavy atom. The molecule has 6 heteroatoms. The van der Waals surface area contributed by atoms with Crippen molar-refractivity contribution in [3.05, 3.63) is 59.1 Å². The van der Waals surface area contributed by atoms with E-state index >= 15 is 0 Å². The fourth-order valence-corrected chi connectivity index (χ4v) is 2.89. The summed E-state index contributed by atoms with van der Waals surface area (Å²) in [5.41, 5.74) is 2.70. The van der Waals surface area contributed by atoms with E-state index in [0.717, 1.165) is 17.7 Å². The third-order valence-corrected chi connectivity index (χ3v) is 4.23. The van der Waals surface area contributed by atoms with Crippen LogP contribution in [0.15, 0.2) is 48.5 Å². The maximum Gasteiger partial charge on any atom is 0.319 e. The topological polar surface area (TPSA) is 61.4 Å². The molecule has 0 saturated carbocycles. The molecule has 0 aromatic heterocycles. The van der Waals surface area contributed by atoms with Crippen LogP contribution in [-0.4, -0.2) is 24.5 Å². The van der Waals surface area contributed by atoms with Gasteiger partial charge in [-0.1, -0.05) is 29.8 Å². The van der Waals surface area contributed by atoms with Crippen molar-refractivity contribution in [2.45, 2.75) is 19.4 Å². The van der Waals surface area contributed by atoms with E-state index in [-0.39, 0.29) is 5.91 Å². The lowest BCUT2D eigenvalue weighted by Gasteiger charge is -2.22. The van der Waals surface area contributed by atoms with E-state index in [2.05, 4.69) is 10.6 Å². The van der Waals surface area contributed by atoms with Crippen LogP contribution in [0.25, 0.3) is 0 Å². The van der Waals surface area contributed by atoms with E-state index in [1.165, 1.54) is 0 Å². The molecule has 1 aliphatic heterocycles. The predicted molar refractivity (Wildman–Crippen MR) is 95.6 cm³/mol. The van der Waals surface area contributed by atoms with E-state index in [0.29, 0.717) is 17.3 Å². The Balaban J connectivity index is 1.60. The van der Waals surface area contributed by atoms with Crippen molar-refractivity contribution in [3.63, 3.8) is 0 Å². The van der Waals surface area contributed by atoms with Crippen LogP contribution in [0.3, 0.4) is 0 Å². The van der Waals surface area contributed by atoms with Crippen LogP contribution in [0, 0.1) is 0 Å². The van der Waals surface area contributed by atoms with Gasteiger partial charge in [-0.05, 0) is 49.2 Å². The zero-order valence-electron chi connectivity index (χ0n) is 13.3. The molecular weight excluding hydrogens is 326 g/mol. The molecule has 0 aliphatic carbocycles. The molecule has 2 N–H and O–H groups in total. The summed E-state index contributed by atoms with van der Waals surface area (Å²) in [5, 5.41) is 5.96. The SMILES string of the molecule is C[C@@H](NC(=O)Nc1ccc(Cl)cc1)C(=O)N1CCc2ccccc21. The smallest absolute Gasteiger partial charge is 0.319 e. The summed E-state index contributed by atoms with van der Waals surface area (Å²) in [4.78, 5) is 26.4. The summed E-state index contributed by atoms with van der Waals surface area (Å²) in [6.45, 7) is 2.33. The van der Waals surface area contributed by atoms with E-state index < -0.39 is 12.1 Å². The summed E-state index contributed by atoms with van der Waals surface area (Å²) in [7, 11) is 0. The number of carbonyl (C=O) groups excluding carboxylic acids is 2. The molecule has 2 aromatic carbocycles. The second-order valence-electron chi connectivity index (χ2n) is 5.70. The zero-order chi connectivity index (χ0) is 17.1. The fraction of sp³-hybridized carbons (Fsp3) is 0.222. The molecule has 3 amide bonds. The summed E-state index contributed by atoms with van der Waals surface area (Å²) in [6, 6.07) is 13.6. The molecule has 0 saturated heterocycles. The lowest BCUT2D eigenvalue weighted by Crippen LogP contribution is -2.47. The van der Waals surface area contributed by atoms with Crippen LogP contribution < -0.4 is 15.5 Å². The molecule has 0 spiro atoms. The van der Waals surface area contributed by atoms with Gasteiger partial charge in [0.1, 0.15) is 6.04 Å². The molecule has 1 atom stereocenters. The number of nitrogens with one attached hydrogen (secondary N) is 2. The number of fused-ring (bicyclic) bond motifs is 1. The molecule has 2 aromatic rings. The number of halogens is 1. The van der Waals surface area contributed by atoms with Gasteiger partial charge in [0.25, 0.3) is 0 Å². The molecule has 1 aliphatic rings. The Kier molecular flexibility index (Phi) is 4.71. The standard InChI is InChI=1S/C18H18ClN3O2/c1-12(20-18(24)21-15-8-6-14(19)7-9-15)17(23)22-11-10-13-4-2-3-5-16(13)22/h2-9,12H,10-11H2,1H3,(H2,20,21,24)/t12-/m1/s1. The number of carbonyl (C=O) groups is 2. The number of amides is 3. The molecule has 3 rings (SSSR count). The normalized spacial score (nSPS) is 14.0. The highest BCUT2D eigenvalue weighted by molar-refractivity contribution is 6.30. The van der Waals surface area contributed by atoms with Crippen molar-refractivity contribution in [2.75, 3.05) is 16.8 Å². The maximum atomic E-state index is 12.6. The second-order valence-corrected chi connectivity index (χ2v) is 6.13. The van der Waals surface area contributed by atoms with Crippen molar-refractivity contribution in [1.29, 1.82) is 0 Å². The maximum absolute atomic E-state index is 12.6. The largest absolute Gasteiger partial charge is 0.326 e. The first-order chi connectivity index (χ1) is 11.5. The minimum atomic E-state index is -0.622. The molecule has 0 bridgehead atoms. The Bertz CT molecular complexity index is 761. The second kappa shape index (κ2) is 6.93. The molecule has 0 fully saturated rings. The third kappa shape index (κ3) is 3.51. The van der Waals surface area contributed by atoms with Gasteiger partial charge in [-0.3, -0.25) is 4.79 Å². The molecular formula is C18H18ClN3O2. The number of urea groups is 1. The number of hydrogen-bond donors (Lipinski definition) is 2. The van der Waals surface area contributed by atoms with E-state index in [4.69, 9.17) is 11.6 Å². The van der Waals surface area contributed by atoms with Crippen LogP contribution in [0.1, 0.15) is 12.5 Å². The van der Waals surface area contributed by atoms with E-state index in [9.17, 15) is 9.59 Å². The van der Waals surface area contributed by atoms with Crippen LogP contribution in [0.2, 0.25) is 5.02 Å². The summed E-state index contributed by atoms with van der Waals surface area (Å²) in [5.74, 6) is -0.119. The Morgan fingerprint density at radius 1 is 1.12 bits per heavy atom. The Morgan fingerprint density at radius 2 is 1.83 bits per heavy atom. The summed E-state index contributed by atoms with van der Waals surface area (Å²) >= 11 is 5.81. The Labute approximate surface area is 145 Å². The first-order valence-electron chi connectivity index (χ1n) is 7.77. The number of rotatable bonds is 3. The fourth-order valence-electron chi connectivity index (χ4n) is 2.76. The zero-order valence-corrected chi connectivity index (χ0v) is 14.0. The van der Waals surface area contributed by atoms with Crippen molar-refractivity contribution in [3.8, 4) is 0 Å².